The maximum atomic E-state index is 10.3. The molecule has 0 bridgehead atoms. The van der Waals surface area contributed by atoms with E-state index in [1.54, 1.807) is 6.08 Å². The van der Waals surface area contributed by atoms with Crippen LogP contribution in [-0.2, 0) is 11.3 Å². The van der Waals surface area contributed by atoms with Gasteiger partial charge in [0.2, 0.25) is 0 Å². The normalized spacial score (nSPS) is 13.4. The number of benzene rings is 2. The Morgan fingerprint density at radius 3 is 2.60 bits per heavy atom. The van der Waals surface area contributed by atoms with Gasteiger partial charge in [-0.15, -0.1) is 0 Å². The molecule has 0 saturated carbocycles. The monoisotopic (exact) mass is 411 g/mol. The van der Waals surface area contributed by atoms with E-state index >= 15 is 0 Å². The van der Waals surface area contributed by atoms with Crippen LogP contribution >= 0.6 is 0 Å². The summed E-state index contributed by atoms with van der Waals surface area (Å²) in [5.74, 6) is 1.42. The zero-order chi connectivity index (χ0) is 21.6. The summed E-state index contributed by atoms with van der Waals surface area (Å²) >= 11 is 0. The van der Waals surface area contributed by atoms with Crippen LogP contribution in [0.25, 0.3) is 0 Å². The van der Waals surface area contributed by atoms with E-state index in [0.29, 0.717) is 25.7 Å². The Balaban J connectivity index is 1.85. The molecule has 162 valence electrons. The van der Waals surface area contributed by atoms with Gasteiger partial charge in [0.15, 0.2) is 5.96 Å². The van der Waals surface area contributed by atoms with E-state index in [1.807, 2.05) is 68.4 Å². The Morgan fingerprint density at radius 1 is 1.13 bits per heavy atom. The van der Waals surface area contributed by atoms with Gasteiger partial charge in [-0.05, 0) is 25.5 Å². The van der Waals surface area contributed by atoms with Crippen molar-refractivity contribution in [2.24, 2.45) is 4.99 Å². The van der Waals surface area contributed by atoms with E-state index in [0.717, 1.165) is 23.4 Å². The average Bonchev–Trinajstić information content (AvgIpc) is 2.79. The predicted octanol–water partition coefficient (Wildman–Crippen LogP) is 3.45. The number of hydrogen-bond acceptors (Lipinski definition) is 4. The number of nitrogens with zero attached hydrogens (tertiary/aromatic N) is 1. The smallest absolute Gasteiger partial charge is 0.191 e. The molecule has 0 fully saturated rings. The van der Waals surface area contributed by atoms with Crippen LogP contribution in [0.2, 0.25) is 0 Å². The van der Waals surface area contributed by atoms with Crippen LogP contribution in [0, 0.1) is 0 Å². The minimum atomic E-state index is -0.650. The number of hydrogen-bond donors (Lipinski definition) is 3. The van der Waals surface area contributed by atoms with E-state index in [-0.39, 0.29) is 12.7 Å². The van der Waals surface area contributed by atoms with Crippen molar-refractivity contribution < 1.29 is 14.6 Å². The highest BCUT2D eigenvalue weighted by atomic mass is 16.5. The first-order chi connectivity index (χ1) is 14.6. The zero-order valence-corrected chi connectivity index (χ0v) is 17.9. The standard InChI is InChI=1S/C24H33N3O3/c1-4-15-29-23-14-10-9-13-21(23)16-26-24(25-5-2)27-17-22(28)18-30-19(3)20-11-7-6-8-12-20/h4,6-14,19,22,28H,1,5,15-18H2,2-3H3,(H2,25,26,27). The van der Waals surface area contributed by atoms with Crippen molar-refractivity contribution >= 4 is 5.96 Å². The first kappa shape index (κ1) is 23.4. The summed E-state index contributed by atoms with van der Waals surface area (Å²) < 4.78 is 11.5. The van der Waals surface area contributed by atoms with Crippen molar-refractivity contribution in [1.29, 1.82) is 0 Å². The summed E-state index contributed by atoms with van der Waals surface area (Å²) in [6.45, 7) is 9.86. The van der Waals surface area contributed by atoms with Gasteiger partial charge in [-0.3, -0.25) is 0 Å². The molecule has 30 heavy (non-hydrogen) atoms. The SMILES string of the molecule is C=CCOc1ccccc1CN=C(NCC)NCC(O)COC(C)c1ccccc1. The first-order valence-electron chi connectivity index (χ1n) is 10.3. The van der Waals surface area contributed by atoms with Gasteiger partial charge >= 0.3 is 0 Å². The number of guanidine groups is 1. The molecule has 2 aromatic rings. The summed E-state index contributed by atoms with van der Waals surface area (Å²) in [5, 5.41) is 16.6. The van der Waals surface area contributed by atoms with Gasteiger partial charge < -0.3 is 25.2 Å². The van der Waals surface area contributed by atoms with Gasteiger partial charge in [0.05, 0.1) is 25.4 Å². The molecule has 2 atom stereocenters. The number of aliphatic imine (C=N–C) groups is 1. The Morgan fingerprint density at radius 2 is 1.87 bits per heavy atom. The van der Waals surface area contributed by atoms with Crippen molar-refractivity contribution in [2.75, 3.05) is 26.3 Å². The Bertz CT molecular complexity index is 780. The summed E-state index contributed by atoms with van der Waals surface area (Å²) in [4.78, 5) is 4.60. The van der Waals surface area contributed by atoms with Crippen LogP contribution in [0.15, 0.2) is 72.2 Å². The zero-order valence-electron chi connectivity index (χ0n) is 17.9. The highest BCUT2D eigenvalue weighted by Crippen LogP contribution is 2.19. The number of ether oxygens (including phenoxy) is 2. The molecular formula is C24H33N3O3. The molecule has 2 aromatic carbocycles. The topological polar surface area (TPSA) is 75.1 Å². The second-order valence-corrected chi connectivity index (χ2v) is 6.82. The Kier molecular flexibility index (Phi) is 10.5. The van der Waals surface area contributed by atoms with Crippen LogP contribution in [0.4, 0.5) is 0 Å². The Hall–Kier alpha value is -2.83. The van der Waals surface area contributed by atoms with Gasteiger partial charge in [-0.2, -0.15) is 0 Å². The van der Waals surface area contributed by atoms with E-state index < -0.39 is 6.10 Å². The molecule has 0 aliphatic carbocycles. The number of para-hydroxylation sites is 1. The lowest BCUT2D eigenvalue weighted by molar-refractivity contribution is -0.000599. The quantitative estimate of drug-likeness (QED) is 0.283. The Labute approximate surface area is 179 Å². The van der Waals surface area contributed by atoms with Gasteiger partial charge in [-0.25, -0.2) is 4.99 Å². The second kappa shape index (κ2) is 13.4. The minimum absolute atomic E-state index is 0.0742. The van der Waals surface area contributed by atoms with Crippen molar-refractivity contribution in [2.45, 2.75) is 32.6 Å². The maximum absolute atomic E-state index is 10.3. The highest BCUT2D eigenvalue weighted by Gasteiger charge is 2.11. The molecule has 0 radical (unpaired) electrons. The van der Waals surface area contributed by atoms with E-state index in [9.17, 15) is 5.11 Å². The molecule has 0 spiro atoms. The predicted molar refractivity (Wildman–Crippen MR) is 122 cm³/mol. The molecule has 0 heterocycles. The fourth-order valence-electron chi connectivity index (χ4n) is 2.78. The number of aliphatic hydroxyl groups is 1. The maximum Gasteiger partial charge on any atom is 0.191 e. The number of nitrogens with one attached hydrogen (secondary N) is 2. The molecule has 0 aliphatic rings. The lowest BCUT2D eigenvalue weighted by atomic mass is 10.1. The van der Waals surface area contributed by atoms with Crippen LogP contribution in [0.1, 0.15) is 31.1 Å². The van der Waals surface area contributed by atoms with E-state index in [1.165, 1.54) is 0 Å². The third-order valence-electron chi connectivity index (χ3n) is 4.39. The largest absolute Gasteiger partial charge is 0.489 e. The van der Waals surface area contributed by atoms with Crippen LogP contribution in [0.5, 0.6) is 5.75 Å². The molecule has 2 rings (SSSR count). The van der Waals surface area contributed by atoms with Crippen LogP contribution in [0.3, 0.4) is 0 Å². The lowest BCUT2D eigenvalue weighted by Crippen LogP contribution is -2.42. The van der Waals surface area contributed by atoms with Crippen molar-refractivity contribution in [3.05, 3.63) is 78.4 Å². The van der Waals surface area contributed by atoms with Crippen LogP contribution in [-0.4, -0.2) is 43.5 Å². The van der Waals surface area contributed by atoms with E-state index in [2.05, 4.69) is 22.2 Å². The molecule has 0 amide bonds. The molecule has 2 unspecified atom stereocenters. The fourth-order valence-corrected chi connectivity index (χ4v) is 2.78. The van der Waals surface area contributed by atoms with Gasteiger partial charge in [0.25, 0.3) is 0 Å². The summed E-state index contributed by atoms with van der Waals surface area (Å²) in [5.41, 5.74) is 2.07. The number of rotatable bonds is 12. The summed E-state index contributed by atoms with van der Waals surface area (Å²) in [6.07, 6.45) is 0.992. The van der Waals surface area contributed by atoms with Gasteiger partial charge in [-0.1, -0.05) is 61.2 Å². The van der Waals surface area contributed by atoms with Crippen molar-refractivity contribution in [3.63, 3.8) is 0 Å². The molecule has 6 heteroatoms. The molecular weight excluding hydrogens is 378 g/mol. The van der Waals surface area contributed by atoms with E-state index in [4.69, 9.17) is 9.47 Å². The van der Waals surface area contributed by atoms with Gasteiger partial charge in [0, 0.05) is 18.7 Å². The second-order valence-electron chi connectivity index (χ2n) is 6.82. The minimum Gasteiger partial charge on any atom is -0.489 e. The third kappa shape index (κ3) is 8.27. The summed E-state index contributed by atoms with van der Waals surface area (Å²) in [6, 6.07) is 17.8. The number of aliphatic hydroxyl groups excluding tert-OH is 1. The molecule has 3 N–H and O–H groups in total. The van der Waals surface area contributed by atoms with Crippen molar-refractivity contribution in [1.82, 2.24) is 10.6 Å². The van der Waals surface area contributed by atoms with Crippen molar-refractivity contribution in [3.8, 4) is 5.75 Å². The average molecular weight is 412 g/mol. The molecule has 0 aliphatic heterocycles. The molecule has 0 aromatic heterocycles. The molecule has 6 nitrogen and oxygen atoms in total. The summed E-state index contributed by atoms with van der Waals surface area (Å²) in [7, 11) is 0. The third-order valence-corrected chi connectivity index (χ3v) is 4.39. The fraction of sp³-hybridized carbons (Fsp3) is 0.375. The van der Waals surface area contributed by atoms with Gasteiger partial charge in [0.1, 0.15) is 12.4 Å². The highest BCUT2D eigenvalue weighted by molar-refractivity contribution is 5.79. The molecule has 0 saturated heterocycles. The lowest BCUT2D eigenvalue weighted by Gasteiger charge is -2.18. The van der Waals surface area contributed by atoms with Crippen LogP contribution < -0.4 is 15.4 Å². The first-order valence-corrected chi connectivity index (χ1v) is 10.3.